The number of carbonyl (C=O) groups excluding carboxylic acids is 2. The molecule has 0 unspecified atom stereocenters. The molecule has 3 rings (SSSR count). The molecule has 0 saturated carbocycles. The van der Waals surface area contributed by atoms with Gasteiger partial charge in [-0.15, -0.1) is 0 Å². The van der Waals surface area contributed by atoms with E-state index < -0.39 is 18.0 Å². The Labute approximate surface area is 164 Å². The van der Waals surface area contributed by atoms with Crippen LogP contribution >= 0.6 is 0 Å². The normalized spacial score (nSPS) is 12.8. The van der Waals surface area contributed by atoms with Crippen LogP contribution in [-0.4, -0.2) is 16.7 Å². The lowest BCUT2D eigenvalue weighted by Gasteiger charge is -2.36. The van der Waals surface area contributed by atoms with Crippen LogP contribution in [-0.2, 0) is 4.79 Å². The Morgan fingerprint density at radius 2 is 1.29 bits per heavy atom. The number of benzene rings is 3. The van der Waals surface area contributed by atoms with Gasteiger partial charge in [-0.1, -0.05) is 72.8 Å². The Balaban J connectivity index is 2.14. The fraction of sp³-hybridized carbons (Fsp3) is 0.130. The van der Waals surface area contributed by atoms with Crippen LogP contribution in [0.1, 0.15) is 40.5 Å². The number of nitrogens with two attached hydrogens (primary N) is 2. The van der Waals surface area contributed by atoms with Crippen molar-refractivity contribution in [3.8, 4) is 0 Å². The van der Waals surface area contributed by atoms with Gasteiger partial charge in [-0.25, -0.2) is 0 Å². The average molecular weight is 373 g/mol. The predicted octanol–water partition coefficient (Wildman–Crippen LogP) is 3.70. The first kappa shape index (κ1) is 19.2. The summed E-state index contributed by atoms with van der Waals surface area (Å²) >= 11 is 0. The second-order valence-corrected chi connectivity index (χ2v) is 6.60. The van der Waals surface area contributed by atoms with E-state index in [-0.39, 0.29) is 5.91 Å². The maximum atomic E-state index is 13.5. The number of amides is 2. The molecular formula is C23H23N3O2. The van der Waals surface area contributed by atoms with Crippen LogP contribution in [0, 0.1) is 0 Å². The van der Waals surface area contributed by atoms with Gasteiger partial charge in [0, 0.05) is 5.69 Å². The number of anilines is 1. The van der Waals surface area contributed by atoms with Gasteiger partial charge < -0.3 is 16.4 Å². The Morgan fingerprint density at radius 3 is 1.82 bits per heavy atom. The number of carbonyl (C=O) groups is 2. The van der Waals surface area contributed by atoms with Gasteiger partial charge in [0.25, 0.3) is 5.91 Å². The van der Waals surface area contributed by atoms with Crippen LogP contribution in [0.3, 0.4) is 0 Å². The van der Waals surface area contributed by atoms with Crippen LogP contribution in [0.25, 0.3) is 0 Å². The van der Waals surface area contributed by atoms with Gasteiger partial charge in [0.2, 0.25) is 5.91 Å². The highest BCUT2D eigenvalue weighted by Crippen LogP contribution is 2.33. The van der Waals surface area contributed by atoms with Gasteiger partial charge >= 0.3 is 0 Å². The predicted molar refractivity (Wildman–Crippen MR) is 110 cm³/mol. The number of hydrogen-bond donors (Lipinski definition) is 2. The van der Waals surface area contributed by atoms with Crippen LogP contribution in [0.5, 0.6) is 0 Å². The summed E-state index contributed by atoms with van der Waals surface area (Å²) in [6, 6.07) is 24.1. The van der Waals surface area contributed by atoms with Crippen molar-refractivity contribution >= 4 is 17.5 Å². The van der Waals surface area contributed by atoms with Crippen molar-refractivity contribution in [3.63, 3.8) is 0 Å². The Hall–Kier alpha value is -3.60. The molecule has 0 aromatic heterocycles. The highest BCUT2D eigenvalue weighted by Gasteiger charge is 2.35. The molecule has 5 heteroatoms. The summed E-state index contributed by atoms with van der Waals surface area (Å²) in [6.45, 7) is 1.88. The topological polar surface area (TPSA) is 89.4 Å². The van der Waals surface area contributed by atoms with E-state index in [1.54, 1.807) is 36.4 Å². The molecule has 0 aliphatic carbocycles. The van der Waals surface area contributed by atoms with Crippen LogP contribution in [0.15, 0.2) is 84.9 Å². The summed E-state index contributed by atoms with van der Waals surface area (Å²) in [7, 11) is 0. The molecule has 0 bridgehead atoms. The van der Waals surface area contributed by atoms with Crippen molar-refractivity contribution < 1.29 is 9.59 Å². The molecule has 0 spiro atoms. The summed E-state index contributed by atoms with van der Waals surface area (Å²) in [4.78, 5) is 27.5. The van der Waals surface area contributed by atoms with Gasteiger partial charge in [-0.2, -0.15) is 0 Å². The Bertz CT molecular complexity index is 958. The minimum absolute atomic E-state index is 0.340. The standard InChI is InChI=1S/C23H23N3O2/c1-16(17-10-4-2-5-11-17)26(23(28)19-14-8-9-15-20(19)24)21(22(25)27)18-12-6-3-7-13-18/h2-16,21H,24H2,1H3,(H2,25,27)/t16-,21-/m1/s1. The van der Waals surface area contributed by atoms with Crippen molar-refractivity contribution in [2.45, 2.75) is 19.0 Å². The lowest BCUT2D eigenvalue weighted by Crippen LogP contribution is -2.43. The first-order valence-electron chi connectivity index (χ1n) is 9.07. The minimum atomic E-state index is -0.927. The number of hydrogen-bond acceptors (Lipinski definition) is 3. The van der Waals surface area contributed by atoms with Crippen LogP contribution in [0.2, 0.25) is 0 Å². The third kappa shape index (κ3) is 3.88. The van der Waals surface area contributed by atoms with Gasteiger partial charge in [-0.3, -0.25) is 9.59 Å². The minimum Gasteiger partial charge on any atom is -0.398 e. The number of nitrogen functional groups attached to an aromatic ring is 1. The van der Waals surface area contributed by atoms with Crippen LogP contribution in [0.4, 0.5) is 5.69 Å². The smallest absolute Gasteiger partial charge is 0.257 e. The summed E-state index contributed by atoms with van der Waals surface area (Å²) < 4.78 is 0. The lowest BCUT2D eigenvalue weighted by atomic mass is 9.97. The average Bonchev–Trinajstić information content (AvgIpc) is 2.72. The van der Waals surface area contributed by atoms with Gasteiger partial charge in [0.15, 0.2) is 0 Å². The maximum absolute atomic E-state index is 13.5. The molecule has 2 atom stereocenters. The largest absolute Gasteiger partial charge is 0.398 e. The first-order chi connectivity index (χ1) is 13.5. The van der Waals surface area contributed by atoms with Crippen molar-refractivity contribution in [2.75, 3.05) is 5.73 Å². The molecule has 142 valence electrons. The second-order valence-electron chi connectivity index (χ2n) is 6.60. The van der Waals surface area contributed by atoms with Crippen molar-refractivity contribution in [3.05, 3.63) is 102 Å². The summed E-state index contributed by atoms with van der Waals surface area (Å²) in [5.41, 5.74) is 14.1. The maximum Gasteiger partial charge on any atom is 0.257 e. The van der Waals surface area contributed by atoms with Crippen LogP contribution < -0.4 is 11.5 Å². The molecule has 2 amide bonds. The quantitative estimate of drug-likeness (QED) is 0.646. The lowest BCUT2D eigenvalue weighted by molar-refractivity contribution is -0.123. The fourth-order valence-electron chi connectivity index (χ4n) is 3.34. The van der Waals surface area contributed by atoms with Gasteiger partial charge in [-0.05, 0) is 30.2 Å². The zero-order valence-corrected chi connectivity index (χ0v) is 15.7. The van der Waals surface area contributed by atoms with Crippen molar-refractivity contribution in [1.82, 2.24) is 4.90 Å². The van der Waals surface area contributed by atoms with Gasteiger partial charge in [0.1, 0.15) is 6.04 Å². The molecule has 5 nitrogen and oxygen atoms in total. The molecule has 4 N–H and O–H groups in total. The zero-order chi connectivity index (χ0) is 20.1. The summed E-state index contributed by atoms with van der Waals surface area (Å²) in [6.07, 6.45) is 0. The summed E-state index contributed by atoms with van der Waals surface area (Å²) in [5, 5.41) is 0. The zero-order valence-electron chi connectivity index (χ0n) is 15.7. The molecule has 3 aromatic carbocycles. The van der Waals surface area contributed by atoms with E-state index in [0.29, 0.717) is 16.8 Å². The number of nitrogens with zero attached hydrogens (tertiary/aromatic N) is 1. The Kier molecular flexibility index (Phi) is 5.75. The third-order valence-corrected chi connectivity index (χ3v) is 4.79. The van der Waals surface area contributed by atoms with E-state index in [9.17, 15) is 9.59 Å². The van der Waals surface area contributed by atoms with Crippen molar-refractivity contribution in [2.24, 2.45) is 5.73 Å². The second kappa shape index (κ2) is 8.39. The SMILES string of the molecule is C[C@H](c1ccccc1)N(C(=O)c1ccccc1N)[C@@H](C(N)=O)c1ccccc1. The summed E-state index contributed by atoms with van der Waals surface area (Å²) in [5.74, 6) is -0.945. The Morgan fingerprint density at radius 1 is 0.786 bits per heavy atom. The van der Waals surface area contributed by atoms with E-state index in [1.165, 1.54) is 4.90 Å². The molecule has 0 saturated heterocycles. The van der Waals surface area contributed by atoms with E-state index in [2.05, 4.69) is 0 Å². The molecule has 28 heavy (non-hydrogen) atoms. The molecule has 0 heterocycles. The number of para-hydroxylation sites is 1. The molecule has 0 aliphatic rings. The molecule has 0 fully saturated rings. The van der Waals surface area contributed by atoms with E-state index in [0.717, 1.165) is 5.56 Å². The molecular weight excluding hydrogens is 350 g/mol. The fourth-order valence-corrected chi connectivity index (χ4v) is 3.34. The number of rotatable bonds is 6. The highest BCUT2D eigenvalue weighted by atomic mass is 16.2. The van der Waals surface area contributed by atoms with E-state index in [4.69, 9.17) is 11.5 Å². The highest BCUT2D eigenvalue weighted by molar-refractivity contribution is 6.01. The first-order valence-corrected chi connectivity index (χ1v) is 9.07. The number of primary amides is 1. The molecule has 3 aromatic rings. The monoisotopic (exact) mass is 373 g/mol. The van der Waals surface area contributed by atoms with E-state index >= 15 is 0 Å². The van der Waals surface area contributed by atoms with Gasteiger partial charge in [0.05, 0.1) is 11.6 Å². The third-order valence-electron chi connectivity index (χ3n) is 4.79. The van der Waals surface area contributed by atoms with Crippen molar-refractivity contribution in [1.29, 1.82) is 0 Å². The van der Waals surface area contributed by atoms with E-state index in [1.807, 2.05) is 55.5 Å². The molecule has 0 aliphatic heterocycles. The molecule has 0 radical (unpaired) electrons.